The van der Waals surface area contributed by atoms with Crippen LogP contribution in [0.25, 0.3) is 0 Å². The van der Waals surface area contributed by atoms with E-state index in [4.69, 9.17) is 15.2 Å². The van der Waals surface area contributed by atoms with Crippen molar-refractivity contribution in [2.75, 3.05) is 13.7 Å². The van der Waals surface area contributed by atoms with Crippen LogP contribution < -0.4 is 10.5 Å². The number of methoxy groups -OCH3 is 1. The van der Waals surface area contributed by atoms with Crippen LogP contribution in [0.4, 0.5) is 0 Å². The van der Waals surface area contributed by atoms with Crippen molar-refractivity contribution in [3.63, 3.8) is 0 Å². The maximum Gasteiger partial charge on any atom is 0.133 e. The molecule has 1 saturated carbocycles. The Hall–Kier alpha value is -0.580. The first-order valence-electron chi connectivity index (χ1n) is 6.85. The lowest BCUT2D eigenvalue weighted by atomic mass is 9.99. The van der Waals surface area contributed by atoms with Crippen LogP contribution in [-0.4, -0.2) is 25.9 Å². The highest BCUT2D eigenvalue weighted by atomic mass is 79.9. The van der Waals surface area contributed by atoms with Crippen LogP contribution in [0.1, 0.15) is 25.3 Å². The number of rotatable bonds is 7. The summed E-state index contributed by atoms with van der Waals surface area (Å²) in [4.78, 5) is 0. The van der Waals surface area contributed by atoms with Crippen LogP contribution in [0.15, 0.2) is 22.7 Å². The van der Waals surface area contributed by atoms with Gasteiger partial charge in [-0.15, -0.1) is 0 Å². The summed E-state index contributed by atoms with van der Waals surface area (Å²) in [7, 11) is 1.67. The topological polar surface area (TPSA) is 44.5 Å². The summed E-state index contributed by atoms with van der Waals surface area (Å²) in [5.74, 6) is 1.51. The second-order valence-electron chi connectivity index (χ2n) is 5.09. The Morgan fingerprint density at radius 2 is 2.16 bits per heavy atom. The Kier molecular flexibility index (Phi) is 5.25. The molecule has 0 aromatic heterocycles. The molecule has 0 heterocycles. The molecule has 2 unspecified atom stereocenters. The van der Waals surface area contributed by atoms with E-state index in [-0.39, 0.29) is 12.1 Å². The van der Waals surface area contributed by atoms with E-state index < -0.39 is 0 Å². The molecule has 106 valence electrons. The Morgan fingerprint density at radius 1 is 1.42 bits per heavy atom. The second kappa shape index (κ2) is 6.73. The Bertz CT molecular complexity index is 421. The zero-order valence-electron chi connectivity index (χ0n) is 11.6. The van der Waals surface area contributed by atoms with Crippen molar-refractivity contribution in [1.82, 2.24) is 0 Å². The molecule has 2 atom stereocenters. The largest absolute Gasteiger partial charge is 0.496 e. The quantitative estimate of drug-likeness (QED) is 0.836. The van der Waals surface area contributed by atoms with Gasteiger partial charge in [0.05, 0.1) is 17.7 Å². The van der Waals surface area contributed by atoms with Crippen LogP contribution >= 0.6 is 15.9 Å². The summed E-state index contributed by atoms with van der Waals surface area (Å²) >= 11 is 3.51. The van der Waals surface area contributed by atoms with Crippen LogP contribution in [-0.2, 0) is 11.2 Å². The molecule has 1 aromatic rings. The highest BCUT2D eigenvalue weighted by Gasteiger charge is 2.35. The predicted molar refractivity (Wildman–Crippen MR) is 80.5 cm³/mol. The van der Waals surface area contributed by atoms with E-state index in [2.05, 4.69) is 28.1 Å². The first-order chi connectivity index (χ1) is 9.15. The van der Waals surface area contributed by atoms with Crippen molar-refractivity contribution in [2.24, 2.45) is 11.7 Å². The minimum absolute atomic E-state index is 0.0627. The van der Waals surface area contributed by atoms with Crippen LogP contribution in [0, 0.1) is 5.92 Å². The molecule has 2 N–H and O–H groups in total. The normalized spacial score (nSPS) is 18.1. The maximum absolute atomic E-state index is 6.33. The lowest BCUT2D eigenvalue weighted by Crippen LogP contribution is -2.40. The highest BCUT2D eigenvalue weighted by molar-refractivity contribution is 9.10. The predicted octanol–water partition coefficient (Wildman–Crippen LogP) is 3.14. The molecule has 4 heteroatoms. The third kappa shape index (κ3) is 3.94. The SMILES string of the molecule is CCOC(C(N)Cc1ccc(OC)c(Br)c1)C1CC1. The van der Waals surface area contributed by atoms with E-state index in [9.17, 15) is 0 Å². The van der Waals surface area contributed by atoms with Gasteiger partial charge in [-0.1, -0.05) is 6.07 Å². The zero-order valence-corrected chi connectivity index (χ0v) is 13.2. The molecule has 3 nitrogen and oxygen atoms in total. The molecule has 2 rings (SSSR count). The average Bonchev–Trinajstić information content (AvgIpc) is 3.20. The molecule has 19 heavy (non-hydrogen) atoms. The molecule has 0 spiro atoms. The first kappa shape index (κ1) is 14.8. The van der Waals surface area contributed by atoms with Crippen molar-refractivity contribution in [1.29, 1.82) is 0 Å². The van der Waals surface area contributed by atoms with E-state index in [0.29, 0.717) is 5.92 Å². The number of benzene rings is 1. The van der Waals surface area contributed by atoms with Crippen molar-refractivity contribution in [3.8, 4) is 5.75 Å². The highest BCUT2D eigenvalue weighted by Crippen LogP contribution is 2.36. The molecule has 1 aromatic carbocycles. The number of hydrogen-bond donors (Lipinski definition) is 1. The lowest BCUT2D eigenvalue weighted by Gasteiger charge is -2.24. The first-order valence-corrected chi connectivity index (χ1v) is 7.64. The lowest BCUT2D eigenvalue weighted by molar-refractivity contribution is 0.0288. The molecule has 0 amide bonds. The molecule has 0 saturated heterocycles. The summed E-state index contributed by atoms with van der Waals surface area (Å²) in [5, 5.41) is 0. The maximum atomic E-state index is 6.33. The standard InChI is InChI=1S/C15H22BrNO2/c1-3-19-15(11-5-6-11)13(17)9-10-4-7-14(18-2)12(16)8-10/h4,7-8,11,13,15H,3,5-6,9,17H2,1-2H3. The van der Waals surface area contributed by atoms with Crippen LogP contribution in [0.2, 0.25) is 0 Å². The fourth-order valence-corrected chi connectivity index (χ4v) is 3.04. The number of ether oxygens (including phenoxy) is 2. The number of halogens is 1. The van der Waals surface area contributed by atoms with Crippen LogP contribution in [0.3, 0.4) is 0 Å². The van der Waals surface area contributed by atoms with Gasteiger partial charge in [0.2, 0.25) is 0 Å². The second-order valence-corrected chi connectivity index (χ2v) is 5.95. The molecular formula is C15H22BrNO2. The minimum Gasteiger partial charge on any atom is -0.496 e. The van der Waals surface area contributed by atoms with Crippen molar-refractivity contribution < 1.29 is 9.47 Å². The van der Waals surface area contributed by atoms with Crippen molar-refractivity contribution in [2.45, 2.75) is 38.3 Å². The fourth-order valence-electron chi connectivity index (χ4n) is 2.45. The smallest absolute Gasteiger partial charge is 0.133 e. The summed E-state index contributed by atoms with van der Waals surface area (Å²) in [6.07, 6.45) is 3.55. The summed E-state index contributed by atoms with van der Waals surface area (Å²) in [5.41, 5.74) is 7.54. The van der Waals surface area contributed by atoms with Gasteiger partial charge in [0.25, 0.3) is 0 Å². The summed E-state index contributed by atoms with van der Waals surface area (Å²) < 4.78 is 12.0. The van der Waals surface area contributed by atoms with Gasteiger partial charge >= 0.3 is 0 Å². The molecule has 0 aliphatic heterocycles. The summed E-state index contributed by atoms with van der Waals surface area (Å²) in [6.45, 7) is 2.77. The minimum atomic E-state index is 0.0627. The van der Waals surface area contributed by atoms with Gasteiger partial charge in [-0.3, -0.25) is 0 Å². The Labute approximate surface area is 123 Å². The third-order valence-electron chi connectivity index (χ3n) is 3.56. The van der Waals surface area contributed by atoms with E-state index in [1.165, 1.54) is 18.4 Å². The fraction of sp³-hybridized carbons (Fsp3) is 0.600. The third-order valence-corrected chi connectivity index (χ3v) is 4.18. The van der Waals surface area contributed by atoms with E-state index in [1.807, 2.05) is 13.0 Å². The van der Waals surface area contributed by atoms with Crippen molar-refractivity contribution >= 4 is 15.9 Å². The molecule has 1 aliphatic carbocycles. The Morgan fingerprint density at radius 3 is 2.68 bits per heavy atom. The van der Waals surface area contributed by atoms with Crippen LogP contribution in [0.5, 0.6) is 5.75 Å². The molecule has 0 bridgehead atoms. The van der Waals surface area contributed by atoms with Crippen molar-refractivity contribution in [3.05, 3.63) is 28.2 Å². The van der Waals surface area contributed by atoms with Gasteiger partial charge in [0.1, 0.15) is 5.75 Å². The van der Waals surface area contributed by atoms with E-state index in [0.717, 1.165) is 23.2 Å². The molecular weight excluding hydrogens is 306 g/mol. The van der Waals surface area contributed by atoms with Gasteiger partial charge < -0.3 is 15.2 Å². The molecule has 1 fully saturated rings. The number of hydrogen-bond acceptors (Lipinski definition) is 3. The van der Waals surface area contributed by atoms with E-state index >= 15 is 0 Å². The van der Waals surface area contributed by atoms with Gasteiger partial charge in [-0.05, 0) is 65.7 Å². The van der Waals surface area contributed by atoms with Gasteiger partial charge in [0.15, 0.2) is 0 Å². The average molecular weight is 328 g/mol. The monoisotopic (exact) mass is 327 g/mol. The van der Waals surface area contributed by atoms with Gasteiger partial charge in [-0.2, -0.15) is 0 Å². The zero-order chi connectivity index (χ0) is 13.8. The molecule has 1 aliphatic rings. The Balaban J connectivity index is 2.00. The van der Waals surface area contributed by atoms with Gasteiger partial charge in [0, 0.05) is 12.6 Å². The summed E-state index contributed by atoms with van der Waals surface area (Å²) in [6, 6.07) is 6.18. The van der Waals surface area contributed by atoms with Gasteiger partial charge in [-0.25, -0.2) is 0 Å². The van der Waals surface area contributed by atoms with E-state index in [1.54, 1.807) is 7.11 Å². The number of nitrogens with two attached hydrogens (primary N) is 1. The molecule has 0 radical (unpaired) electrons.